The lowest BCUT2D eigenvalue weighted by atomic mass is 10.2. The molecule has 0 heterocycles. The van der Waals surface area contributed by atoms with Crippen LogP contribution >= 0.6 is 0 Å². The summed E-state index contributed by atoms with van der Waals surface area (Å²) in [5.74, 6) is 5.11. The normalized spacial score (nSPS) is 38.2. The highest BCUT2D eigenvalue weighted by Gasteiger charge is 2.23. The fraction of sp³-hybridized carbons (Fsp3) is 1.00. The van der Waals surface area contributed by atoms with Crippen LogP contribution in [0.25, 0.3) is 0 Å². The third kappa shape index (κ3) is 0.992. The summed E-state index contributed by atoms with van der Waals surface area (Å²) in [5.41, 5.74) is 2.56. The second-order valence-corrected chi connectivity index (χ2v) is 2.27. The predicted octanol–water partition coefficient (Wildman–Crippen LogP) is -0.637. The van der Waals surface area contributed by atoms with Gasteiger partial charge in [-0.25, -0.2) is 0 Å². The molecular formula is C5H12N2O. The molecule has 1 saturated carbocycles. The molecule has 0 aromatic rings. The van der Waals surface area contributed by atoms with Crippen molar-refractivity contribution in [3.05, 3.63) is 0 Å². The Morgan fingerprint density at radius 2 is 2.25 bits per heavy atom. The molecule has 1 fully saturated rings. The summed E-state index contributed by atoms with van der Waals surface area (Å²) in [4.78, 5) is 0. The summed E-state index contributed by atoms with van der Waals surface area (Å²) >= 11 is 0. The minimum Gasteiger partial charge on any atom is -0.391 e. The van der Waals surface area contributed by atoms with Crippen LogP contribution in [-0.2, 0) is 0 Å². The van der Waals surface area contributed by atoms with Gasteiger partial charge in [0, 0.05) is 6.04 Å². The first-order chi connectivity index (χ1) is 3.84. The smallest absolute Gasteiger partial charge is 0.0706 e. The van der Waals surface area contributed by atoms with Crippen LogP contribution < -0.4 is 11.3 Å². The molecule has 8 heavy (non-hydrogen) atoms. The summed E-state index contributed by atoms with van der Waals surface area (Å²) in [6.07, 6.45) is 2.79. The van der Waals surface area contributed by atoms with Gasteiger partial charge in [0.05, 0.1) is 6.10 Å². The first-order valence-electron chi connectivity index (χ1n) is 2.99. The third-order valence-electron chi connectivity index (χ3n) is 1.69. The van der Waals surface area contributed by atoms with Crippen molar-refractivity contribution in [1.82, 2.24) is 5.43 Å². The van der Waals surface area contributed by atoms with Gasteiger partial charge in [-0.3, -0.25) is 11.3 Å². The van der Waals surface area contributed by atoms with Crippen molar-refractivity contribution < 1.29 is 5.11 Å². The molecule has 0 aromatic carbocycles. The average molecular weight is 116 g/mol. The van der Waals surface area contributed by atoms with Crippen LogP contribution in [0, 0.1) is 0 Å². The molecule has 4 N–H and O–H groups in total. The molecule has 0 saturated heterocycles. The van der Waals surface area contributed by atoms with E-state index in [1.165, 1.54) is 0 Å². The van der Waals surface area contributed by atoms with E-state index in [2.05, 4.69) is 5.43 Å². The molecule has 3 heteroatoms. The second kappa shape index (κ2) is 2.44. The summed E-state index contributed by atoms with van der Waals surface area (Å²) in [6, 6.07) is 0.148. The molecular weight excluding hydrogens is 104 g/mol. The van der Waals surface area contributed by atoms with E-state index in [0.29, 0.717) is 0 Å². The van der Waals surface area contributed by atoms with Crippen molar-refractivity contribution in [2.24, 2.45) is 5.84 Å². The highest BCUT2D eigenvalue weighted by atomic mass is 16.3. The van der Waals surface area contributed by atoms with Crippen LogP contribution in [0.5, 0.6) is 0 Å². The molecule has 3 nitrogen and oxygen atoms in total. The standard InChI is InChI=1S/C5H12N2O/c6-7-4-2-1-3-5(4)8/h4-5,7-8H,1-3,6H2/t4-,5+/m0/s1. The SMILES string of the molecule is NN[C@H]1CCC[C@H]1O. The van der Waals surface area contributed by atoms with Gasteiger partial charge >= 0.3 is 0 Å². The van der Waals surface area contributed by atoms with Crippen LogP contribution in [0.1, 0.15) is 19.3 Å². The molecule has 2 atom stereocenters. The fourth-order valence-electron chi connectivity index (χ4n) is 1.13. The van der Waals surface area contributed by atoms with E-state index < -0.39 is 0 Å². The number of aliphatic hydroxyl groups is 1. The Bertz CT molecular complexity index is 76.8. The molecule has 1 aliphatic rings. The topological polar surface area (TPSA) is 58.3 Å². The maximum absolute atomic E-state index is 9.05. The molecule has 0 radical (unpaired) electrons. The largest absolute Gasteiger partial charge is 0.391 e. The zero-order valence-corrected chi connectivity index (χ0v) is 4.80. The number of nitrogens with two attached hydrogens (primary N) is 1. The first-order valence-corrected chi connectivity index (χ1v) is 2.99. The van der Waals surface area contributed by atoms with E-state index >= 15 is 0 Å². The summed E-state index contributed by atoms with van der Waals surface area (Å²) in [6.45, 7) is 0. The Kier molecular flexibility index (Phi) is 1.83. The Hall–Kier alpha value is -0.120. The summed E-state index contributed by atoms with van der Waals surface area (Å²) < 4.78 is 0. The van der Waals surface area contributed by atoms with Gasteiger partial charge in [0.1, 0.15) is 0 Å². The molecule has 1 aliphatic carbocycles. The zero-order valence-electron chi connectivity index (χ0n) is 4.80. The molecule has 0 spiro atoms. The van der Waals surface area contributed by atoms with Gasteiger partial charge in [-0.2, -0.15) is 0 Å². The van der Waals surface area contributed by atoms with Crippen molar-refractivity contribution in [2.75, 3.05) is 0 Å². The van der Waals surface area contributed by atoms with Crippen molar-refractivity contribution >= 4 is 0 Å². The molecule has 0 unspecified atom stereocenters. The van der Waals surface area contributed by atoms with Gasteiger partial charge in [-0.15, -0.1) is 0 Å². The highest BCUT2D eigenvalue weighted by Crippen LogP contribution is 2.17. The molecule has 0 bridgehead atoms. The quantitative estimate of drug-likeness (QED) is 0.315. The summed E-state index contributed by atoms with van der Waals surface area (Å²) in [7, 11) is 0. The lowest BCUT2D eigenvalue weighted by Gasteiger charge is -2.10. The van der Waals surface area contributed by atoms with Gasteiger partial charge in [0.15, 0.2) is 0 Å². The molecule has 0 amide bonds. The minimum atomic E-state index is -0.208. The molecule has 1 rings (SSSR count). The van der Waals surface area contributed by atoms with E-state index in [9.17, 15) is 0 Å². The van der Waals surface area contributed by atoms with E-state index in [4.69, 9.17) is 10.9 Å². The van der Waals surface area contributed by atoms with Crippen molar-refractivity contribution in [3.8, 4) is 0 Å². The lowest BCUT2D eigenvalue weighted by Crippen LogP contribution is -2.40. The maximum Gasteiger partial charge on any atom is 0.0706 e. The number of hydrogen-bond acceptors (Lipinski definition) is 3. The van der Waals surface area contributed by atoms with Crippen LogP contribution in [-0.4, -0.2) is 17.3 Å². The Balaban J connectivity index is 2.30. The number of nitrogens with one attached hydrogen (secondary N) is 1. The zero-order chi connectivity index (χ0) is 5.98. The van der Waals surface area contributed by atoms with Crippen LogP contribution in [0.3, 0.4) is 0 Å². The van der Waals surface area contributed by atoms with Crippen molar-refractivity contribution in [3.63, 3.8) is 0 Å². The highest BCUT2D eigenvalue weighted by molar-refractivity contribution is 4.80. The summed E-state index contributed by atoms with van der Waals surface area (Å²) in [5, 5.41) is 9.05. The van der Waals surface area contributed by atoms with Crippen molar-refractivity contribution in [1.29, 1.82) is 0 Å². The molecule has 0 aliphatic heterocycles. The van der Waals surface area contributed by atoms with E-state index in [0.717, 1.165) is 19.3 Å². The fourth-order valence-corrected chi connectivity index (χ4v) is 1.13. The van der Waals surface area contributed by atoms with Gasteiger partial charge in [-0.1, -0.05) is 0 Å². The van der Waals surface area contributed by atoms with Crippen LogP contribution in [0.15, 0.2) is 0 Å². The first kappa shape index (κ1) is 6.01. The van der Waals surface area contributed by atoms with E-state index in [1.807, 2.05) is 0 Å². The van der Waals surface area contributed by atoms with Gasteiger partial charge in [-0.05, 0) is 19.3 Å². The Labute approximate surface area is 48.8 Å². The number of hydrogen-bond donors (Lipinski definition) is 3. The number of hydrazine groups is 1. The lowest BCUT2D eigenvalue weighted by molar-refractivity contribution is 0.150. The number of rotatable bonds is 1. The maximum atomic E-state index is 9.05. The minimum absolute atomic E-state index is 0.148. The van der Waals surface area contributed by atoms with Crippen molar-refractivity contribution in [2.45, 2.75) is 31.4 Å². The molecule has 0 aromatic heterocycles. The Morgan fingerprint density at radius 1 is 1.50 bits per heavy atom. The average Bonchev–Trinajstić information content (AvgIpc) is 2.14. The third-order valence-corrected chi connectivity index (χ3v) is 1.69. The van der Waals surface area contributed by atoms with Crippen LogP contribution in [0.4, 0.5) is 0 Å². The van der Waals surface area contributed by atoms with E-state index in [1.54, 1.807) is 0 Å². The number of aliphatic hydroxyl groups excluding tert-OH is 1. The van der Waals surface area contributed by atoms with E-state index in [-0.39, 0.29) is 12.1 Å². The monoisotopic (exact) mass is 116 g/mol. The second-order valence-electron chi connectivity index (χ2n) is 2.27. The molecule has 48 valence electrons. The van der Waals surface area contributed by atoms with Gasteiger partial charge in [0.25, 0.3) is 0 Å². The Morgan fingerprint density at radius 3 is 2.50 bits per heavy atom. The van der Waals surface area contributed by atoms with Gasteiger partial charge in [0.2, 0.25) is 0 Å². The van der Waals surface area contributed by atoms with Crippen LogP contribution in [0.2, 0.25) is 0 Å². The van der Waals surface area contributed by atoms with Gasteiger partial charge < -0.3 is 5.11 Å². The predicted molar refractivity (Wildman–Crippen MR) is 31.0 cm³/mol.